The second-order valence-electron chi connectivity index (χ2n) is 11.0. The Hall–Kier alpha value is -4.94. The standard InChI is InChI=1S/C33H41N9O3/c34-31(35)39-18-23-8-5-10-25(16-23)20-41-33(43)42-32(36)40-19-24-9-4-7-22(15-24)17-38-30-29(45-30)27-13-6-14-37-28(27)21-44-26-11-2-1-3-12-26/h1-2,4-7,9-11,13-16,23,29-30,38H,3,8,12,17-21H2,(H4,34,35,39)(H4,36,40,41,42,43). The fourth-order valence-electron chi connectivity index (χ4n) is 5.10. The number of pyridine rings is 1. The number of urea groups is 1. The van der Waals surface area contributed by atoms with Crippen LogP contribution in [0.3, 0.4) is 0 Å². The SMILES string of the molecule is NC(N)=NCC1C=C(CNC(=O)NC(N)=NCc2cccc(CNC3OC3c3cccnc3COC3=CC=CCC3)c2)C=CC1. The van der Waals surface area contributed by atoms with Crippen LogP contribution in [0.25, 0.3) is 0 Å². The monoisotopic (exact) mass is 611 g/mol. The molecule has 5 rings (SSSR count). The van der Waals surface area contributed by atoms with Gasteiger partial charge in [-0.15, -0.1) is 0 Å². The Morgan fingerprint density at radius 3 is 2.82 bits per heavy atom. The summed E-state index contributed by atoms with van der Waals surface area (Å²) >= 11 is 0. The molecular weight excluding hydrogens is 570 g/mol. The zero-order valence-electron chi connectivity index (χ0n) is 25.2. The van der Waals surface area contributed by atoms with Crippen LogP contribution in [0, 0.1) is 5.92 Å². The molecular formula is C33H41N9O3. The molecule has 0 bridgehead atoms. The molecule has 2 amide bonds. The summed E-state index contributed by atoms with van der Waals surface area (Å²) in [5.41, 5.74) is 21.8. The van der Waals surface area contributed by atoms with E-state index in [0.717, 1.165) is 53.0 Å². The highest BCUT2D eigenvalue weighted by atomic mass is 16.6. The van der Waals surface area contributed by atoms with E-state index in [1.54, 1.807) is 6.20 Å². The number of aromatic nitrogens is 1. The number of hydrogen-bond acceptors (Lipinski definition) is 7. The number of guanidine groups is 2. The van der Waals surface area contributed by atoms with E-state index in [1.165, 1.54) is 0 Å². The molecule has 1 aromatic carbocycles. The van der Waals surface area contributed by atoms with Gasteiger partial charge in [0.15, 0.2) is 11.9 Å². The molecule has 0 saturated carbocycles. The number of epoxide rings is 1. The Kier molecular flexibility index (Phi) is 11.0. The summed E-state index contributed by atoms with van der Waals surface area (Å²) in [7, 11) is 0. The molecule has 1 saturated heterocycles. The van der Waals surface area contributed by atoms with Gasteiger partial charge >= 0.3 is 6.03 Å². The maximum absolute atomic E-state index is 12.3. The first-order valence-corrected chi connectivity index (χ1v) is 15.1. The Bertz CT molecular complexity index is 1520. The normalized spacial score (nSPS) is 20.5. The van der Waals surface area contributed by atoms with Crippen LogP contribution in [-0.2, 0) is 29.2 Å². The van der Waals surface area contributed by atoms with Crippen LogP contribution >= 0.6 is 0 Å². The van der Waals surface area contributed by atoms with Crippen LogP contribution in [0.2, 0.25) is 0 Å². The molecule has 12 heteroatoms. The van der Waals surface area contributed by atoms with Crippen LogP contribution in [0.5, 0.6) is 0 Å². The highest BCUT2D eigenvalue weighted by Crippen LogP contribution is 2.38. The number of allylic oxidation sites excluding steroid dienone is 5. The van der Waals surface area contributed by atoms with Crippen LogP contribution in [0.4, 0.5) is 4.79 Å². The van der Waals surface area contributed by atoms with Gasteiger partial charge in [0.2, 0.25) is 0 Å². The molecule has 3 unspecified atom stereocenters. The highest BCUT2D eigenvalue weighted by molar-refractivity contribution is 5.95. The van der Waals surface area contributed by atoms with Gasteiger partial charge in [-0.1, -0.05) is 60.7 Å². The molecule has 2 aromatic rings. The number of nitrogens with one attached hydrogen (secondary N) is 3. The van der Waals surface area contributed by atoms with Gasteiger partial charge in [-0.25, -0.2) is 9.79 Å². The van der Waals surface area contributed by atoms with Crippen LogP contribution in [0.1, 0.15) is 47.8 Å². The van der Waals surface area contributed by atoms with Gasteiger partial charge in [0.25, 0.3) is 0 Å². The van der Waals surface area contributed by atoms with Crippen LogP contribution in [0.15, 0.2) is 100 Å². The third-order valence-electron chi connectivity index (χ3n) is 7.45. The zero-order chi connectivity index (χ0) is 31.4. The summed E-state index contributed by atoms with van der Waals surface area (Å²) in [6.07, 6.45) is 16.6. The molecule has 1 aromatic heterocycles. The summed E-state index contributed by atoms with van der Waals surface area (Å²) in [5, 5.41) is 8.84. The van der Waals surface area contributed by atoms with E-state index in [1.807, 2.05) is 54.6 Å². The van der Waals surface area contributed by atoms with Crippen molar-refractivity contribution in [1.82, 2.24) is 20.9 Å². The predicted molar refractivity (Wildman–Crippen MR) is 174 cm³/mol. The van der Waals surface area contributed by atoms with Crippen LogP contribution < -0.4 is 33.2 Å². The molecule has 2 aliphatic carbocycles. The van der Waals surface area contributed by atoms with E-state index in [0.29, 0.717) is 32.8 Å². The number of hydrogen-bond donors (Lipinski definition) is 6. The summed E-state index contributed by atoms with van der Waals surface area (Å²) in [4.78, 5) is 25.3. The van der Waals surface area contributed by atoms with Gasteiger partial charge in [0.1, 0.15) is 18.9 Å². The number of carbonyl (C=O) groups excluding carboxylic acids is 1. The number of nitrogens with two attached hydrogens (primary N) is 3. The van der Waals surface area contributed by atoms with E-state index in [-0.39, 0.29) is 30.2 Å². The first kappa shape index (κ1) is 31.5. The minimum Gasteiger partial charge on any atom is -0.492 e. The molecule has 0 radical (unpaired) electrons. The van der Waals surface area contributed by atoms with Crippen molar-refractivity contribution in [2.75, 3.05) is 13.1 Å². The van der Waals surface area contributed by atoms with Crippen molar-refractivity contribution >= 4 is 18.0 Å². The smallest absolute Gasteiger partial charge is 0.321 e. The summed E-state index contributed by atoms with van der Waals surface area (Å²) in [5.74, 6) is 1.27. The topological polar surface area (TPSA) is 191 Å². The largest absolute Gasteiger partial charge is 0.492 e. The molecule has 236 valence electrons. The molecule has 1 aliphatic heterocycles. The number of aliphatic imine (C=N–C) groups is 2. The second-order valence-corrected chi connectivity index (χ2v) is 11.0. The van der Waals surface area contributed by atoms with Crippen molar-refractivity contribution in [2.45, 2.75) is 51.3 Å². The zero-order valence-corrected chi connectivity index (χ0v) is 25.2. The Balaban J connectivity index is 1.04. The first-order valence-electron chi connectivity index (χ1n) is 15.1. The fourth-order valence-corrected chi connectivity index (χ4v) is 5.10. The molecule has 0 spiro atoms. The third kappa shape index (κ3) is 10.1. The maximum Gasteiger partial charge on any atom is 0.321 e. The lowest BCUT2D eigenvalue weighted by Crippen LogP contribution is -2.44. The minimum atomic E-state index is -0.430. The van der Waals surface area contributed by atoms with E-state index in [9.17, 15) is 4.79 Å². The Morgan fingerprint density at radius 1 is 1.09 bits per heavy atom. The molecule has 45 heavy (non-hydrogen) atoms. The highest BCUT2D eigenvalue weighted by Gasteiger charge is 2.41. The lowest BCUT2D eigenvalue weighted by Gasteiger charge is -2.15. The molecule has 1 fully saturated rings. The number of amides is 2. The van der Waals surface area contributed by atoms with Crippen molar-refractivity contribution in [2.24, 2.45) is 33.1 Å². The average molecular weight is 612 g/mol. The fraction of sp³-hybridized carbons (Fsp3) is 0.333. The third-order valence-corrected chi connectivity index (χ3v) is 7.45. The molecule has 9 N–H and O–H groups in total. The number of benzene rings is 1. The Labute approximate surface area is 263 Å². The van der Waals surface area contributed by atoms with Gasteiger partial charge < -0.3 is 32.0 Å². The van der Waals surface area contributed by atoms with Crippen molar-refractivity contribution in [3.05, 3.63) is 113 Å². The van der Waals surface area contributed by atoms with E-state index >= 15 is 0 Å². The lowest BCUT2D eigenvalue weighted by molar-refractivity contribution is 0.184. The molecule has 12 nitrogen and oxygen atoms in total. The van der Waals surface area contributed by atoms with Gasteiger partial charge in [-0.2, -0.15) is 0 Å². The molecule has 3 aliphatic rings. The quantitative estimate of drug-likeness (QED) is 0.113. The average Bonchev–Trinajstić information content (AvgIpc) is 3.84. The van der Waals surface area contributed by atoms with Crippen molar-refractivity contribution in [3.8, 4) is 0 Å². The summed E-state index contributed by atoms with van der Waals surface area (Å²) in [6.45, 7) is 2.22. The van der Waals surface area contributed by atoms with Crippen molar-refractivity contribution in [3.63, 3.8) is 0 Å². The van der Waals surface area contributed by atoms with Gasteiger partial charge in [0, 0.05) is 43.7 Å². The predicted octanol–water partition coefficient (Wildman–Crippen LogP) is 2.91. The summed E-state index contributed by atoms with van der Waals surface area (Å²) < 4.78 is 11.9. The van der Waals surface area contributed by atoms with E-state index in [4.69, 9.17) is 26.7 Å². The van der Waals surface area contributed by atoms with Gasteiger partial charge in [-0.3, -0.25) is 20.6 Å². The lowest BCUT2D eigenvalue weighted by atomic mass is 9.96. The first-order chi connectivity index (χ1) is 21.9. The summed E-state index contributed by atoms with van der Waals surface area (Å²) in [6, 6.07) is 11.6. The second kappa shape index (κ2) is 15.7. The van der Waals surface area contributed by atoms with Crippen molar-refractivity contribution in [1.29, 1.82) is 0 Å². The van der Waals surface area contributed by atoms with Crippen molar-refractivity contribution < 1.29 is 14.3 Å². The van der Waals surface area contributed by atoms with E-state index < -0.39 is 6.03 Å². The number of carbonyl (C=O) groups is 1. The Morgan fingerprint density at radius 2 is 1.98 bits per heavy atom. The maximum atomic E-state index is 12.3. The van der Waals surface area contributed by atoms with Gasteiger partial charge in [0.05, 0.1) is 18.0 Å². The number of nitrogens with zero attached hydrogens (tertiary/aromatic N) is 3. The minimum absolute atomic E-state index is 0.0385. The van der Waals surface area contributed by atoms with E-state index in [2.05, 4.69) is 49.1 Å². The molecule has 3 atom stereocenters. The molecule has 2 heterocycles. The number of ether oxygens (including phenoxy) is 2. The number of rotatable bonds is 13. The van der Waals surface area contributed by atoms with Gasteiger partial charge in [-0.05, 0) is 41.7 Å². The van der Waals surface area contributed by atoms with Crippen LogP contribution in [-0.4, -0.2) is 42.3 Å².